The van der Waals surface area contributed by atoms with E-state index in [2.05, 4.69) is 12.2 Å². The van der Waals surface area contributed by atoms with Crippen LogP contribution in [0.4, 0.5) is 4.39 Å². The maximum atomic E-state index is 13.8. The van der Waals surface area contributed by atoms with Gasteiger partial charge >= 0.3 is 0 Å². The molecule has 0 spiro atoms. The van der Waals surface area contributed by atoms with Gasteiger partial charge in [0.05, 0.1) is 0 Å². The van der Waals surface area contributed by atoms with E-state index in [1.807, 2.05) is 25.1 Å². The highest BCUT2D eigenvalue weighted by atomic mass is 32.2. The minimum Gasteiger partial charge on any atom is -0.354 e. The van der Waals surface area contributed by atoms with Crippen LogP contribution in [0, 0.1) is 12.7 Å². The van der Waals surface area contributed by atoms with Gasteiger partial charge in [-0.1, -0.05) is 49.6 Å². The smallest absolute Gasteiger partial charge is 0.255 e. The predicted molar refractivity (Wildman–Crippen MR) is 115 cm³/mol. The molecule has 1 heterocycles. The number of nitrogens with one attached hydrogen (secondary N) is 1. The molecule has 1 saturated heterocycles. The number of aryl methyl sites for hydroxylation is 1. The standard InChI is InChI=1S/C23H27FN2O2S/c1-3-4-5-12-25-21(27)20-15-29-23(18-10-7-11-19(24)14-18)26(20)22(28)17-9-6-8-16(2)13-17/h6-11,13-14,20,23H,3-5,12,15H2,1-2H3,(H,25,27)/t20-,23-/m1/s1. The van der Waals surface area contributed by atoms with Crippen LogP contribution in [0.25, 0.3) is 0 Å². The largest absolute Gasteiger partial charge is 0.354 e. The second-order valence-corrected chi connectivity index (χ2v) is 8.45. The molecule has 3 rings (SSSR count). The molecule has 0 bridgehead atoms. The first-order valence-electron chi connectivity index (χ1n) is 10.1. The van der Waals surface area contributed by atoms with E-state index in [9.17, 15) is 14.0 Å². The van der Waals surface area contributed by atoms with E-state index < -0.39 is 11.4 Å². The molecule has 2 atom stereocenters. The van der Waals surface area contributed by atoms with Gasteiger partial charge in [0.25, 0.3) is 5.91 Å². The number of nitrogens with zero attached hydrogens (tertiary/aromatic N) is 1. The van der Waals surface area contributed by atoms with E-state index in [4.69, 9.17) is 0 Å². The van der Waals surface area contributed by atoms with Crippen LogP contribution in [-0.4, -0.2) is 35.1 Å². The predicted octanol–water partition coefficient (Wildman–Crippen LogP) is 4.70. The van der Waals surface area contributed by atoms with Gasteiger partial charge < -0.3 is 10.2 Å². The molecule has 0 saturated carbocycles. The van der Waals surface area contributed by atoms with E-state index in [-0.39, 0.29) is 17.6 Å². The third-order valence-electron chi connectivity index (χ3n) is 5.02. The number of halogens is 1. The van der Waals surface area contributed by atoms with E-state index >= 15 is 0 Å². The highest BCUT2D eigenvalue weighted by Gasteiger charge is 2.42. The fraction of sp³-hybridized carbons (Fsp3) is 0.391. The molecule has 0 radical (unpaired) electrons. The number of hydrogen-bond donors (Lipinski definition) is 1. The molecule has 0 unspecified atom stereocenters. The van der Waals surface area contributed by atoms with Crippen LogP contribution in [0.5, 0.6) is 0 Å². The Hall–Kier alpha value is -2.34. The number of unbranched alkanes of at least 4 members (excludes halogenated alkanes) is 2. The Kier molecular flexibility index (Phi) is 7.31. The summed E-state index contributed by atoms with van der Waals surface area (Å²) in [6.07, 6.45) is 3.05. The quantitative estimate of drug-likeness (QED) is 0.669. The number of hydrogen-bond acceptors (Lipinski definition) is 3. The second-order valence-electron chi connectivity index (χ2n) is 7.34. The first-order chi connectivity index (χ1) is 14.0. The molecular weight excluding hydrogens is 387 g/mol. The normalized spacial score (nSPS) is 18.7. The highest BCUT2D eigenvalue weighted by Crippen LogP contribution is 2.42. The van der Waals surface area contributed by atoms with Crippen LogP contribution < -0.4 is 5.32 Å². The molecule has 1 aliphatic heterocycles. The van der Waals surface area contributed by atoms with Gasteiger partial charge in [-0.15, -0.1) is 11.8 Å². The van der Waals surface area contributed by atoms with Crippen molar-refractivity contribution < 1.29 is 14.0 Å². The number of amides is 2. The van der Waals surface area contributed by atoms with Crippen molar-refractivity contribution in [2.45, 2.75) is 44.5 Å². The Balaban J connectivity index is 1.87. The molecule has 0 aliphatic carbocycles. The zero-order chi connectivity index (χ0) is 20.8. The van der Waals surface area contributed by atoms with Gasteiger partial charge in [0.1, 0.15) is 17.2 Å². The Bertz CT molecular complexity index is 873. The molecule has 6 heteroatoms. The average molecular weight is 415 g/mol. The zero-order valence-electron chi connectivity index (χ0n) is 16.9. The molecule has 1 fully saturated rings. The summed E-state index contributed by atoms with van der Waals surface area (Å²) in [5.74, 6) is -0.216. The molecule has 29 heavy (non-hydrogen) atoms. The zero-order valence-corrected chi connectivity index (χ0v) is 17.7. The Morgan fingerprint density at radius 3 is 2.69 bits per heavy atom. The lowest BCUT2D eigenvalue weighted by atomic mass is 10.1. The minimum atomic E-state index is -0.581. The Morgan fingerprint density at radius 2 is 1.97 bits per heavy atom. The molecule has 1 N–H and O–H groups in total. The van der Waals surface area contributed by atoms with Gasteiger partial charge in [-0.2, -0.15) is 0 Å². The van der Waals surface area contributed by atoms with Gasteiger partial charge in [-0.3, -0.25) is 9.59 Å². The third-order valence-corrected chi connectivity index (χ3v) is 6.34. The van der Waals surface area contributed by atoms with Crippen molar-refractivity contribution in [3.8, 4) is 0 Å². The van der Waals surface area contributed by atoms with Gasteiger partial charge in [0.2, 0.25) is 5.91 Å². The SMILES string of the molecule is CCCCCNC(=O)[C@H]1CS[C@H](c2cccc(F)c2)N1C(=O)c1cccc(C)c1. The molecular formula is C23H27FN2O2S. The van der Waals surface area contributed by atoms with Crippen molar-refractivity contribution >= 4 is 23.6 Å². The number of thioether (sulfide) groups is 1. The van der Waals surface area contributed by atoms with Crippen molar-refractivity contribution in [2.75, 3.05) is 12.3 Å². The molecule has 2 aromatic carbocycles. The van der Waals surface area contributed by atoms with Crippen LogP contribution in [0.15, 0.2) is 48.5 Å². The van der Waals surface area contributed by atoms with E-state index in [1.165, 1.54) is 23.9 Å². The van der Waals surface area contributed by atoms with Gasteiger partial charge in [0, 0.05) is 17.9 Å². The summed E-state index contributed by atoms with van der Waals surface area (Å²) < 4.78 is 13.8. The summed E-state index contributed by atoms with van der Waals surface area (Å²) in [4.78, 5) is 27.9. The van der Waals surface area contributed by atoms with Crippen molar-refractivity contribution in [2.24, 2.45) is 0 Å². The lowest BCUT2D eigenvalue weighted by molar-refractivity contribution is -0.124. The third kappa shape index (κ3) is 5.18. The van der Waals surface area contributed by atoms with Crippen LogP contribution in [0.3, 0.4) is 0 Å². The van der Waals surface area contributed by atoms with Gasteiger partial charge in [0.15, 0.2) is 0 Å². The molecule has 154 valence electrons. The molecule has 0 aromatic heterocycles. The fourth-order valence-electron chi connectivity index (χ4n) is 3.50. The summed E-state index contributed by atoms with van der Waals surface area (Å²) in [5.41, 5.74) is 2.21. The summed E-state index contributed by atoms with van der Waals surface area (Å²) in [7, 11) is 0. The van der Waals surface area contributed by atoms with Gasteiger partial charge in [-0.25, -0.2) is 4.39 Å². The van der Waals surface area contributed by atoms with Crippen LogP contribution in [0.1, 0.15) is 53.0 Å². The lowest BCUT2D eigenvalue weighted by Crippen LogP contribution is -2.48. The first kappa shape index (κ1) is 21.4. The Morgan fingerprint density at radius 1 is 1.17 bits per heavy atom. The Labute approximate surface area is 175 Å². The first-order valence-corrected chi connectivity index (χ1v) is 11.1. The van der Waals surface area contributed by atoms with Gasteiger partial charge in [-0.05, 0) is 43.2 Å². The highest BCUT2D eigenvalue weighted by molar-refractivity contribution is 7.99. The lowest BCUT2D eigenvalue weighted by Gasteiger charge is -2.29. The fourth-order valence-corrected chi connectivity index (χ4v) is 4.92. The summed E-state index contributed by atoms with van der Waals surface area (Å²) in [5, 5.41) is 2.57. The van der Waals surface area contributed by atoms with Crippen molar-refractivity contribution in [3.63, 3.8) is 0 Å². The maximum absolute atomic E-state index is 13.8. The summed E-state index contributed by atoms with van der Waals surface area (Å²) in [6, 6.07) is 13.0. The molecule has 1 aliphatic rings. The number of carbonyl (C=O) groups excluding carboxylic acids is 2. The number of benzene rings is 2. The van der Waals surface area contributed by atoms with Crippen molar-refractivity contribution in [3.05, 3.63) is 71.0 Å². The molecule has 2 aromatic rings. The summed E-state index contributed by atoms with van der Waals surface area (Å²) >= 11 is 1.50. The minimum absolute atomic E-state index is 0.145. The second kappa shape index (κ2) is 9.92. The molecule has 4 nitrogen and oxygen atoms in total. The van der Waals surface area contributed by atoms with E-state index in [0.29, 0.717) is 23.4 Å². The topological polar surface area (TPSA) is 49.4 Å². The van der Waals surface area contributed by atoms with Crippen molar-refractivity contribution in [1.29, 1.82) is 0 Å². The van der Waals surface area contributed by atoms with E-state index in [1.54, 1.807) is 23.1 Å². The monoisotopic (exact) mass is 414 g/mol. The number of carbonyl (C=O) groups is 2. The van der Waals surface area contributed by atoms with Crippen molar-refractivity contribution in [1.82, 2.24) is 10.2 Å². The molecule has 2 amide bonds. The number of rotatable bonds is 7. The van der Waals surface area contributed by atoms with Crippen LogP contribution >= 0.6 is 11.8 Å². The summed E-state index contributed by atoms with van der Waals surface area (Å²) in [6.45, 7) is 4.64. The average Bonchev–Trinajstić information content (AvgIpc) is 3.16. The van der Waals surface area contributed by atoms with Crippen LogP contribution in [0.2, 0.25) is 0 Å². The maximum Gasteiger partial charge on any atom is 0.255 e. The van der Waals surface area contributed by atoms with E-state index in [0.717, 1.165) is 24.8 Å². The van der Waals surface area contributed by atoms with Crippen LogP contribution in [-0.2, 0) is 4.79 Å².